The number of hydrogen-bond acceptors (Lipinski definition) is 5. The van der Waals surface area contributed by atoms with Crippen molar-refractivity contribution in [1.82, 2.24) is 10.2 Å². The van der Waals surface area contributed by atoms with Gasteiger partial charge in [0.1, 0.15) is 5.75 Å². The SMILES string of the molecule is CN(CCCOc1cccc(S(C)(=O)=O)c1)C(=O)CCNC(=O)c1ccc2ccccc2c1. The summed E-state index contributed by atoms with van der Waals surface area (Å²) in [7, 11) is -1.58. The van der Waals surface area contributed by atoms with Crippen LogP contribution in [0.5, 0.6) is 5.75 Å². The Kier molecular flexibility index (Phi) is 8.06. The summed E-state index contributed by atoms with van der Waals surface area (Å²) in [5, 5.41) is 4.85. The highest BCUT2D eigenvalue weighted by Gasteiger charge is 2.11. The molecule has 0 aliphatic heterocycles. The highest BCUT2D eigenvalue weighted by atomic mass is 32.2. The Labute approximate surface area is 194 Å². The van der Waals surface area contributed by atoms with E-state index in [9.17, 15) is 18.0 Å². The van der Waals surface area contributed by atoms with Gasteiger partial charge in [0.25, 0.3) is 5.91 Å². The van der Waals surface area contributed by atoms with Gasteiger partial charge in [-0.3, -0.25) is 9.59 Å². The molecule has 0 aromatic heterocycles. The maximum Gasteiger partial charge on any atom is 0.251 e. The number of hydrogen-bond donors (Lipinski definition) is 1. The number of fused-ring (bicyclic) bond motifs is 1. The smallest absolute Gasteiger partial charge is 0.251 e. The Morgan fingerprint density at radius 3 is 2.48 bits per heavy atom. The average molecular weight is 469 g/mol. The molecule has 0 spiro atoms. The molecule has 3 aromatic rings. The van der Waals surface area contributed by atoms with E-state index in [2.05, 4.69) is 5.32 Å². The minimum atomic E-state index is -3.29. The number of ether oxygens (including phenoxy) is 1. The van der Waals surface area contributed by atoms with Crippen LogP contribution in [0, 0.1) is 0 Å². The summed E-state index contributed by atoms with van der Waals surface area (Å²) >= 11 is 0. The van der Waals surface area contributed by atoms with Crippen LogP contribution in [-0.4, -0.2) is 58.1 Å². The van der Waals surface area contributed by atoms with E-state index >= 15 is 0 Å². The van der Waals surface area contributed by atoms with Gasteiger partial charge < -0.3 is 15.0 Å². The van der Waals surface area contributed by atoms with Gasteiger partial charge >= 0.3 is 0 Å². The molecule has 0 fully saturated rings. The lowest BCUT2D eigenvalue weighted by molar-refractivity contribution is -0.129. The van der Waals surface area contributed by atoms with Crippen LogP contribution in [0.15, 0.2) is 71.6 Å². The molecule has 0 bridgehead atoms. The van der Waals surface area contributed by atoms with E-state index in [0.717, 1.165) is 17.0 Å². The highest BCUT2D eigenvalue weighted by Crippen LogP contribution is 2.18. The molecule has 0 atom stereocenters. The molecule has 3 aromatic carbocycles. The quantitative estimate of drug-likeness (QED) is 0.461. The van der Waals surface area contributed by atoms with Crippen LogP contribution in [-0.2, 0) is 14.6 Å². The van der Waals surface area contributed by atoms with Gasteiger partial charge in [-0.2, -0.15) is 0 Å². The fourth-order valence-corrected chi connectivity index (χ4v) is 3.97. The summed E-state index contributed by atoms with van der Waals surface area (Å²) < 4.78 is 28.8. The molecule has 7 nitrogen and oxygen atoms in total. The fourth-order valence-electron chi connectivity index (χ4n) is 3.32. The number of rotatable bonds is 10. The standard InChI is InChI=1S/C25H28N2O5S/c1-27(15-6-16-32-22-9-5-10-23(18-22)33(2,30)31)24(28)13-14-26-25(29)21-12-11-19-7-3-4-8-20(19)17-21/h3-5,7-12,17-18H,6,13-16H2,1-2H3,(H,26,29). The molecule has 3 rings (SSSR count). The molecular formula is C25H28N2O5S. The molecule has 33 heavy (non-hydrogen) atoms. The first-order valence-corrected chi connectivity index (χ1v) is 12.6. The van der Waals surface area contributed by atoms with E-state index < -0.39 is 9.84 Å². The van der Waals surface area contributed by atoms with Crippen molar-refractivity contribution in [3.63, 3.8) is 0 Å². The van der Waals surface area contributed by atoms with E-state index in [1.165, 1.54) is 12.1 Å². The van der Waals surface area contributed by atoms with Gasteiger partial charge in [0.2, 0.25) is 5.91 Å². The van der Waals surface area contributed by atoms with E-state index in [4.69, 9.17) is 4.74 Å². The van der Waals surface area contributed by atoms with Crippen LogP contribution in [0.25, 0.3) is 10.8 Å². The molecule has 0 heterocycles. The number of carbonyl (C=O) groups is 2. The van der Waals surface area contributed by atoms with Gasteiger partial charge in [-0.25, -0.2) is 8.42 Å². The first-order chi connectivity index (χ1) is 15.7. The topological polar surface area (TPSA) is 92.8 Å². The molecule has 1 N–H and O–H groups in total. The van der Waals surface area contributed by atoms with Crippen LogP contribution in [0.4, 0.5) is 0 Å². The Bertz CT molecular complexity index is 1240. The van der Waals surface area contributed by atoms with Crippen molar-refractivity contribution in [3.05, 3.63) is 72.3 Å². The van der Waals surface area contributed by atoms with Crippen LogP contribution in [0.2, 0.25) is 0 Å². The van der Waals surface area contributed by atoms with Crippen molar-refractivity contribution >= 4 is 32.4 Å². The zero-order valence-corrected chi connectivity index (χ0v) is 19.6. The second-order valence-electron chi connectivity index (χ2n) is 7.83. The van der Waals surface area contributed by atoms with Crippen molar-refractivity contribution in [2.45, 2.75) is 17.7 Å². The lowest BCUT2D eigenvalue weighted by Crippen LogP contribution is -2.33. The Hall–Kier alpha value is -3.39. The van der Waals surface area contributed by atoms with Gasteiger partial charge in [-0.05, 0) is 47.5 Å². The van der Waals surface area contributed by atoms with Crippen LogP contribution in [0.1, 0.15) is 23.2 Å². The molecule has 0 aliphatic rings. The summed E-state index contributed by atoms with van der Waals surface area (Å²) in [4.78, 5) is 26.5. The minimum absolute atomic E-state index is 0.0760. The van der Waals surface area contributed by atoms with E-state index in [-0.39, 0.29) is 29.7 Å². The number of carbonyl (C=O) groups excluding carboxylic acids is 2. The molecule has 0 saturated heterocycles. The molecule has 0 radical (unpaired) electrons. The second-order valence-corrected chi connectivity index (χ2v) is 9.85. The maximum atomic E-state index is 12.4. The molecule has 174 valence electrons. The average Bonchev–Trinajstić information content (AvgIpc) is 2.80. The van der Waals surface area contributed by atoms with E-state index in [0.29, 0.717) is 30.9 Å². The molecule has 8 heteroatoms. The number of amides is 2. The molecule has 2 amide bonds. The van der Waals surface area contributed by atoms with Crippen molar-refractivity contribution in [2.75, 3.05) is 33.0 Å². The zero-order chi connectivity index (χ0) is 23.8. The molecule has 0 saturated carbocycles. The molecule has 0 unspecified atom stereocenters. The molecule has 0 aliphatic carbocycles. The zero-order valence-electron chi connectivity index (χ0n) is 18.8. The van der Waals surface area contributed by atoms with E-state index in [1.807, 2.05) is 36.4 Å². The number of nitrogens with zero attached hydrogens (tertiary/aromatic N) is 1. The van der Waals surface area contributed by atoms with Crippen LogP contribution >= 0.6 is 0 Å². The second kappa shape index (κ2) is 11.0. The van der Waals surface area contributed by atoms with Crippen molar-refractivity contribution < 1.29 is 22.7 Å². The monoisotopic (exact) mass is 468 g/mol. The van der Waals surface area contributed by atoms with Crippen LogP contribution in [0.3, 0.4) is 0 Å². The van der Waals surface area contributed by atoms with Crippen LogP contribution < -0.4 is 10.1 Å². The lowest BCUT2D eigenvalue weighted by Gasteiger charge is -2.17. The number of nitrogens with one attached hydrogen (secondary N) is 1. The highest BCUT2D eigenvalue weighted by molar-refractivity contribution is 7.90. The minimum Gasteiger partial charge on any atom is -0.493 e. The van der Waals surface area contributed by atoms with Gasteiger partial charge in [-0.1, -0.05) is 36.4 Å². The Balaban J connectivity index is 1.37. The summed E-state index contributed by atoms with van der Waals surface area (Å²) in [5.74, 6) is 0.192. The predicted octanol–water partition coefficient (Wildman–Crippen LogP) is 3.29. The number of sulfone groups is 1. The molecular weight excluding hydrogens is 440 g/mol. The Morgan fingerprint density at radius 1 is 0.970 bits per heavy atom. The van der Waals surface area contributed by atoms with Crippen molar-refractivity contribution in [3.8, 4) is 5.75 Å². The largest absolute Gasteiger partial charge is 0.493 e. The summed E-state index contributed by atoms with van der Waals surface area (Å²) in [6.45, 7) is 1.09. The lowest BCUT2D eigenvalue weighted by atomic mass is 10.1. The maximum absolute atomic E-state index is 12.4. The summed E-state index contributed by atoms with van der Waals surface area (Å²) in [6, 6.07) is 19.7. The van der Waals surface area contributed by atoms with E-state index in [1.54, 1.807) is 30.1 Å². The van der Waals surface area contributed by atoms with Gasteiger partial charge in [0.05, 0.1) is 11.5 Å². The first-order valence-electron chi connectivity index (χ1n) is 10.7. The first kappa shape index (κ1) is 24.3. The van der Waals surface area contributed by atoms with Crippen molar-refractivity contribution in [2.24, 2.45) is 0 Å². The Morgan fingerprint density at radius 2 is 1.73 bits per heavy atom. The van der Waals surface area contributed by atoms with Crippen molar-refractivity contribution in [1.29, 1.82) is 0 Å². The third kappa shape index (κ3) is 7.05. The van der Waals surface area contributed by atoms with Gasteiger partial charge in [0.15, 0.2) is 9.84 Å². The predicted molar refractivity (Wildman–Crippen MR) is 128 cm³/mol. The van der Waals surface area contributed by atoms with Gasteiger partial charge in [-0.15, -0.1) is 0 Å². The summed E-state index contributed by atoms with van der Waals surface area (Å²) in [5.41, 5.74) is 0.562. The van der Waals surface area contributed by atoms with Gasteiger partial charge in [0, 0.05) is 38.4 Å². The normalized spacial score (nSPS) is 11.2. The summed E-state index contributed by atoms with van der Waals surface area (Å²) in [6.07, 6.45) is 1.94. The third-order valence-electron chi connectivity index (χ3n) is 5.20. The fraction of sp³-hybridized carbons (Fsp3) is 0.280. The number of benzene rings is 3. The third-order valence-corrected chi connectivity index (χ3v) is 6.31.